The number of hydrogen-bond donors (Lipinski definition) is 0. The van der Waals surface area contributed by atoms with Gasteiger partial charge < -0.3 is 4.42 Å². The lowest BCUT2D eigenvalue weighted by atomic mass is 10.1. The molecule has 126 valence electrons. The first-order valence-corrected chi connectivity index (χ1v) is 7.21. The van der Waals surface area contributed by atoms with Crippen LogP contribution in [0.1, 0.15) is 11.1 Å². The Hall–Kier alpha value is -3.62. The molecule has 0 aliphatic rings. The molecule has 25 heavy (non-hydrogen) atoms. The summed E-state index contributed by atoms with van der Waals surface area (Å²) >= 11 is 0. The van der Waals surface area contributed by atoms with E-state index in [1.54, 1.807) is 38.1 Å². The number of benzene rings is 2. The van der Waals surface area contributed by atoms with Gasteiger partial charge in [0.15, 0.2) is 0 Å². The molecule has 3 rings (SSSR count). The molecule has 9 nitrogen and oxygen atoms in total. The third-order valence-corrected chi connectivity index (χ3v) is 3.73. The molecule has 0 aliphatic carbocycles. The van der Waals surface area contributed by atoms with Crippen molar-refractivity contribution in [3.8, 4) is 22.9 Å². The molecule has 0 atom stereocenters. The number of nitro benzene ring substituents is 2. The maximum atomic E-state index is 11.0. The van der Waals surface area contributed by atoms with Gasteiger partial charge in [-0.05, 0) is 26.0 Å². The van der Waals surface area contributed by atoms with Crippen molar-refractivity contribution in [2.24, 2.45) is 0 Å². The molecule has 0 bridgehead atoms. The van der Waals surface area contributed by atoms with Crippen molar-refractivity contribution in [1.82, 2.24) is 10.2 Å². The van der Waals surface area contributed by atoms with E-state index in [4.69, 9.17) is 4.42 Å². The Morgan fingerprint density at radius 2 is 1.20 bits per heavy atom. The standard InChI is InChI=1S/C16H12N4O5/c1-9-3-5-11(7-13(9)19(21)22)15-17-18-16(25-15)12-6-4-10(2)14(8-12)20(23)24/h3-8H,1-2H3. The third kappa shape index (κ3) is 3.07. The van der Waals surface area contributed by atoms with E-state index < -0.39 is 9.85 Å². The fraction of sp³-hybridized carbons (Fsp3) is 0.125. The maximum Gasteiger partial charge on any atom is 0.273 e. The Morgan fingerprint density at radius 1 is 0.800 bits per heavy atom. The summed E-state index contributed by atoms with van der Waals surface area (Å²) in [4.78, 5) is 21.1. The van der Waals surface area contributed by atoms with E-state index >= 15 is 0 Å². The van der Waals surface area contributed by atoms with Crippen LogP contribution in [0.4, 0.5) is 11.4 Å². The highest BCUT2D eigenvalue weighted by Crippen LogP contribution is 2.30. The Balaban J connectivity index is 2.01. The van der Waals surface area contributed by atoms with Gasteiger partial charge in [-0.3, -0.25) is 20.2 Å². The Labute approximate surface area is 141 Å². The summed E-state index contributed by atoms with van der Waals surface area (Å²) in [6, 6.07) is 9.16. The largest absolute Gasteiger partial charge is 0.416 e. The monoisotopic (exact) mass is 340 g/mol. The van der Waals surface area contributed by atoms with Crippen LogP contribution in [0.3, 0.4) is 0 Å². The molecule has 0 N–H and O–H groups in total. The van der Waals surface area contributed by atoms with Crippen LogP contribution in [0.5, 0.6) is 0 Å². The van der Waals surface area contributed by atoms with Crippen molar-refractivity contribution in [3.05, 3.63) is 67.8 Å². The van der Waals surface area contributed by atoms with Gasteiger partial charge in [-0.2, -0.15) is 0 Å². The highest BCUT2D eigenvalue weighted by Gasteiger charge is 2.18. The zero-order valence-corrected chi connectivity index (χ0v) is 13.3. The van der Waals surface area contributed by atoms with Gasteiger partial charge >= 0.3 is 0 Å². The third-order valence-electron chi connectivity index (χ3n) is 3.73. The van der Waals surface area contributed by atoms with Crippen LogP contribution >= 0.6 is 0 Å². The van der Waals surface area contributed by atoms with Crippen LogP contribution in [0.2, 0.25) is 0 Å². The summed E-state index contributed by atoms with van der Waals surface area (Å²) in [6.45, 7) is 3.26. The summed E-state index contributed by atoms with van der Waals surface area (Å²) < 4.78 is 5.54. The summed E-state index contributed by atoms with van der Waals surface area (Å²) in [5.41, 5.74) is 1.73. The van der Waals surface area contributed by atoms with E-state index in [0.29, 0.717) is 22.3 Å². The van der Waals surface area contributed by atoms with Gasteiger partial charge in [0.05, 0.1) is 9.85 Å². The first kappa shape index (κ1) is 16.2. The van der Waals surface area contributed by atoms with Gasteiger partial charge in [0, 0.05) is 34.4 Å². The summed E-state index contributed by atoms with van der Waals surface area (Å²) in [7, 11) is 0. The van der Waals surface area contributed by atoms with Crippen LogP contribution in [0.15, 0.2) is 40.8 Å². The minimum absolute atomic E-state index is 0.0526. The molecule has 0 saturated heterocycles. The second-order valence-corrected chi connectivity index (χ2v) is 5.43. The molecule has 0 saturated carbocycles. The van der Waals surface area contributed by atoms with Gasteiger partial charge in [-0.1, -0.05) is 12.1 Å². The molecule has 0 radical (unpaired) electrons. The van der Waals surface area contributed by atoms with E-state index in [2.05, 4.69) is 10.2 Å². The van der Waals surface area contributed by atoms with Crippen molar-refractivity contribution in [1.29, 1.82) is 0 Å². The first-order chi connectivity index (χ1) is 11.9. The summed E-state index contributed by atoms with van der Waals surface area (Å²) in [5, 5.41) is 29.8. The molecular formula is C16H12N4O5. The fourth-order valence-electron chi connectivity index (χ4n) is 2.33. The minimum atomic E-state index is -0.487. The van der Waals surface area contributed by atoms with Crippen molar-refractivity contribution < 1.29 is 14.3 Å². The SMILES string of the molecule is Cc1ccc(-c2nnc(-c3ccc(C)c([N+](=O)[O-])c3)o2)cc1[N+](=O)[O-]. The maximum absolute atomic E-state index is 11.0. The molecule has 0 fully saturated rings. The van der Waals surface area contributed by atoms with Crippen molar-refractivity contribution >= 4 is 11.4 Å². The zero-order chi connectivity index (χ0) is 18.1. The van der Waals surface area contributed by atoms with Crippen molar-refractivity contribution in [2.75, 3.05) is 0 Å². The molecule has 0 aliphatic heterocycles. The molecular weight excluding hydrogens is 328 g/mol. The van der Waals surface area contributed by atoms with Gasteiger partial charge in [0.2, 0.25) is 11.8 Å². The van der Waals surface area contributed by atoms with Crippen LogP contribution < -0.4 is 0 Å². The lowest BCUT2D eigenvalue weighted by Gasteiger charge is -2.00. The van der Waals surface area contributed by atoms with E-state index in [1.807, 2.05) is 0 Å². The quantitative estimate of drug-likeness (QED) is 0.521. The Morgan fingerprint density at radius 3 is 1.56 bits per heavy atom. The average Bonchev–Trinajstić information content (AvgIpc) is 3.05. The number of aromatic nitrogens is 2. The first-order valence-electron chi connectivity index (χ1n) is 7.21. The lowest BCUT2D eigenvalue weighted by molar-refractivity contribution is -0.385. The number of nitrogens with zero attached hydrogens (tertiary/aromatic N) is 4. The molecule has 0 spiro atoms. The molecule has 3 aromatic rings. The van der Waals surface area contributed by atoms with Crippen molar-refractivity contribution in [2.45, 2.75) is 13.8 Å². The molecule has 9 heteroatoms. The van der Waals surface area contributed by atoms with E-state index in [0.717, 1.165) is 0 Å². The van der Waals surface area contributed by atoms with E-state index in [9.17, 15) is 20.2 Å². The molecule has 2 aromatic carbocycles. The fourth-order valence-corrected chi connectivity index (χ4v) is 2.33. The number of nitro groups is 2. The van der Waals surface area contributed by atoms with Gasteiger partial charge in [0.25, 0.3) is 11.4 Å². The van der Waals surface area contributed by atoms with Crippen LogP contribution in [0, 0.1) is 34.1 Å². The van der Waals surface area contributed by atoms with Gasteiger partial charge in [-0.25, -0.2) is 0 Å². The summed E-state index contributed by atoms with van der Waals surface area (Å²) in [5.74, 6) is 0.197. The number of hydrogen-bond acceptors (Lipinski definition) is 7. The highest BCUT2D eigenvalue weighted by molar-refractivity contribution is 5.63. The predicted molar refractivity (Wildman–Crippen MR) is 88.0 cm³/mol. The molecule has 1 heterocycles. The van der Waals surface area contributed by atoms with E-state index in [1.165, 1.54) is 12.1 Å². The predicted octanol–water partition coefficient (Wildman–Crippen LogP) is 3.84. The normalized spacial score (nSPS) is 10.6. The average molecular weight is 340 g/mol. The second-order valence-electron chi connectivity index (χ2n) is 5.43. The molecule has 1 aromatic heterocycles. The number of rotatable bonds is 4. The molecule has 0 unspecified atom stereocenters. The highest BCUT2D eigenvalue weighted by atomic mass is 16.6. The van der Waals surface area contributed by atoms with Crippen LogP contribution in [0.25, 0.3) is 22.9 Å². The second kappa shape index (κ2) is 6.11. The summed E-state index contributed by atoms with van der Waals surface area (Å²) in [6.07, 6.45) is 0. The van der Waals surface area contributed by atoms with Crippen LogP contribution in [-0.2, 0) is 0 Å². The Bertz CT molecular complexity index is 918. The smallest absolute Gasteiger partial charge is 0.273 e. The van der Waals surface area contributed by atoms with Gasteiger partial charge in [0.1, 0.15) is 0 Å². The molecule has 0 amide bonds. The number of aryl methyl sites for hydroxylation is 2. The van der Waals surface area contributed by atoms with Gasteiger partial charge in [-0.15, -0.1) is 10.2 Å². The topological polar surface area (TPSA) is 125 Å². The van der Waals surface area contributed by atoms with Crippen molar-refractivity contribution in [3.63, 3.8) is 0 Å². The van der Waals surface area contributed by atoms with E-state index in [-0.39, 0.29) is 23.2 Å². The lowest BCUT2D eigenvalue weighted by Crippen LogP contribution is -1.92. The zero-order valence-electron chi connectivity index (χ0n) is 13.3. The van der Waals surface area contributed by atoms with Crippen LogP contribution in [-0.4, -0.2) is 20.0 Å². The Kier molecular flexibility index (Phi) is 3.97. The minimum Gasteiger partial charge on any atom is -0.416 e.